The molecule has 2 aliphatic heterocycles. The zero-order valence-electron chi connectivity index (χ0n) is 11.3. The molecule has 0 radical (unpaired) electrons. The van der Waals surface area contributed by atoms with Crippen LogP contribution < -0.4 is 5.32 Å². The average molecular weight is 270 g/mol. The van der Waals surface area contributed by atoms with Gasteiger partial charge >= 0.3 is 0 Å². The van der Waals surface area contributed by atoms with Crippen LogP contribution in [0.1, 0.15) is 28.8 Å². The van der Waals surface area contributed by atoms with E-state index in [0.29, 0.717) is 31.7 Å². The van der Waals surface area contributed by atoms with Crippen LogP contribution in [-0.4, -0.2) is 31.1 Å². The third-order valence-corrected chi connectivity index (χ3v) is 4.14. The summed E-state index contributed by atoms with van der Waals surface area (Å²) in [6.07, 6.45) is 2.11. The standard InChI is InChI=1S/C16H18N2O2/c17-6-5-11-1-3-12(4-2-11)16(19)13-7-14-9-20-10-15(8-13)18-14/h1-4,13-15,18H,5,7-10H2. The summed E-state index contributed by atoms with van der Waals surface area (Å²) >= 11 is 0. The summed E-state index contributed by atoms with van der Waals surface area (Å²) in [4.78, 5) is 12.6. The van der Waals surface area contributed by atoms with Crippen LogP contribution in [0.25, 0.3) is 0 Å². The number of carbonyl (C=O) groups is 1. The van der Waals surface area contributed by atoms with E-state index in [-0.39, 0.29) is 11.7 Å². The molecule has 1 aromatic rings. The fourth-order valence-corrected chi connectivity index (χ4v) is 3.17. The Kier molecular flexibility index (Phi) is 3.81. The van der Waals surface area contributed by atoms with E-state index in [1.54, 1.807) is 0 Å². The van der Waals surface area contributed by atoms with Crippen molar-refractivity contribution in [2.75, 3.05) is 13.2 Å². The van der Waals surface area contributed by atoms with Gasteiger partial charge in [0.05, 0.1) is 25.7 Å². The van der Waals surface area contributed by atoms with Gasteiger partial charge in [-0.2, -0.15) is 5.26 Å². The zero-order valence-corrected chi connectivity index (χ0v) is 11.3. The van der Waals surface area contributed by atoms with Crippen LogP contribution in [0.3, 0.4) is 0 Å². The molecule has 1 aromatic carbocycles. The molecule has 2 aliphatic rings. The topological polar surface area (TPSA) is 62.1 Å². The molecule has 104 valence electrons. The zero-order chi connectivity index (χ0) is 13.9. The van der Waals surface area contributed by atoms with Gasteiger partial charge in [0, 0.05) is 23.6 Å². The summed E-state index contributed by atoms with van der Waals surface area (Å²) in [6.45, 7) is 1.42. The Morgan fingerprint density at radius 2 is 1.90 bits per heavy atom. The van der Waals surface area contributed by atoms with Crippen LogP contribution >= 0.6 is 0 Å². The molecule has 4 heteroatoms. The molecular weight excluding hydrogens is 252 g/mol. The molecule has 20 heavy (non-hydrogen) atoms. The summed E-state index contributed by atoms with van der Waals surface area (Å²) in [5, 5.41) is 12.2. The SMILES string of the molecule is N#CCc1ccc(C(=O)C2CC3COCC(C2)N3)cc1. The molecule has 3 rings (SSSR count). The van der Waals surface area contributed by atoms with Gasteiger partial charge in [-0.15, -0.1) is 0 Å². The van der Waals surface area contributed by atoms with E-state index in [0.717, 1.165) is 24.0 Å². The Morgan fingerprint density at radius 1 is 1.25 bits per heavy atom. The number of benzene rings is 1. The van der Waals surface area contributed by atoms with Gasteiger partial charge in [-0.25, -0.2) is 0 Å². The second-order valence-corrected chi connectivity index (χ2v) is 5.66. The number of ketones is 1. The molecule has 0 amide bonds. The van der Waals surface area contributed by atoms with Crippen molar-refractivity contribution in [1.29, 1.82) is 5.26 Å². The number of nitriles is 1. The lowest BCUT2D eigenvalue weighted by Gasteiger charge is -2.39. The number of rotatable bonds is 3. The van der Waals surface area contributed by atoms with E-state index < -0.39 is 0 Å². The molecule has 2 bridgehead atoms. The minimum absolute atomic E-state index is 0.0944. The largest absolute Gasteiger partial charge is 0.378 e. The number of piperidine rings is 1. The number of hydrogen-bond acceptors (Lipinski definition) is 4. The van der Waals surface area contributed by atoms with Crippen molar-refractivity contribution in [3.05, 3.63) is 35.4 Å². The quantitative estimate of drug-likeness (QED) is 0.849. The Bertz CT molecular complexity index is 520. The molecule has 2 fully saturated rings. The molecule has 0 spiro atoms. The molecule has 2 atom stereocenters. The average Bonchev–Trinajstić information content (AvgIpc) is 2.47. The van der Waals surface area contributed by atoms with Gasteiger partial charge in [0.1, 0.15) is 0 Å². The van der Waals surface area contributed by atoms with E-state index >= 15 is 0 Å². The first kappa shape index (κ1) is 13.3. The lowest BCUT2D eigenvalue weighted by atomic mass is 9.82. The Hall–Kier alpha value is -1.70. The minimum Gasteiger partial charge on any atom is -0.378 e. The molecule has 4 nitrogen and oxygen atoms in total. The van der Waals surface area contributed by atoms with Crippen molar-refractivity contribution >= 4 is 5.78 Å². The summed E-state index contributed by atoms with van der Waals surface area (Å²) < 4.78 is 5.51. The molecule has 2 saturated heterocycles. The molecule has 0 aliphatic carbocycles. The van der Waals surface area contributed by atoms with Gasteiger partial charge < -0.3 is 10.1 Å². The molecule has 0 aromatic heterocycles. The second kappa shape index (κ2) is 5.74. The van der Waals surface area contributed by atoms with Crippen LogP contribution in [0.5, 0.6) is 0 Å². The normalized spacial score (nSPS) is 28.6. The lowest BCUT2D eigenvalue weighted by Crippen LogP contribution is -2.55. The predicted molar refractivity (Wildman–Crippen MR) is 74.3 cm³/mol. The number of nitrogens with one attached hydrogen (secondary N) is 1. The van der Waals surface area contributed by atoms with E-state index in [1.165, 1.54) is 0 Å². The molecule has 2 heterocycles. The van der Waals surface area contributed by atoms with E-state index in [9.17, 15) is 4.79 Å². The smallest absolute Gasteiger partial charge is 0.166 e. The number of fused-ring (bicyclic) bond motifs is 2. The second-order valence-electron chi connectivity index (χ2n) is 5.66. The monoisotopic (exact) mass is 270 g/mol. The van der Waals surface area contributed by atoms with Gasteiger partial charge in [-0.1, -0.05) is 24.3 Å². The number of Topliss-reactive ketones (excluding diaryl/α,β-unsaturated/α-hetero) is 1. The highest BCUT2D eigenvalue weighted by Crippen LogP contribution is 2.27. The Morgan fingerprint density at radius 3 is 2.50 bits per heavy atom. The van der Waals surface area contributed by atoms with Gasteiger partial charge in [0.2, 0.25) is 0 Å². The number of carbonyl (C=O) groups excluding carboxylic acids is 1. The minimum atomic E-state index is 0.0944. The van der Waals surface area contributed by atoms with Gasteiger partial charge in [-0.3, -0.25) is 4.79 Å². The van der Waals surface area contributed by atoms with Crippen LogP contribution in [0.4, 0.5) is 0 Å². The lowest BCUT2D eigenvalue weighted by molar-refractivity contribution is 0.00953. The number of ether oxygens (including phenoxy) is 1. The van der Waals surface area contributed by atoms with Crippen molar-refractivity contribution < 1.29 is 9.53 Å². The third kappa shape index (κ3) is 2.74. The van der Waals surface area contributed by atoms with Gasteiger partial charge in [-0.05, 0) is 18.4 Å². The molecule has 2 unspecified atom stereocenters. The summed E-state index contributed by atoms with van der Waals surface area (Å²) in [7, 11) is 0. The predicted octanol–water partition coefficient (Wildman–Crippen LogP) is 1.70. The van der Waals surface area contributed by atoms with Crippen molar-refractivity contribution in [3.63, 3.8) is 0 Å². The van der Waals surface area contributed by atoms with Crippen LogP contribution in [0.2, 0.25) is 0 Å². The number of hydrogen-bond donors (Lipinski definition) is 1. The van der Waals surface area contributed by atoms with Gasteiger partial charge in [0.25, 0.3) is 0 Å². The highest BCUT2D eigenvalue weighted by atomic mass is 16.5. The first-order valence-corrected chi connectivity index (χ1v) is 7.10. The fraction of sp³-hybridized carbons (Fsp3) is 0.500. The van der Waals surface area contributed by atoms with Crippen molar-refractivity contribution in [2.24, 2.45) is 5.92 Å². The molecular formula is C16H18N2O2. The number of morpholine rings is 1. The van der Waals surface area contributed by atoms with Crippen molar-refractivity contribution in [2.45, 2.75) is 31.3 Å². The first-order valence-electron chi connectivity index (χ1n) is 7.10. The summed E-state index contributed by atoms with van der Waals surface area (Å²) in [6, 6.07) is 10.2. The van der Waals surface area contributed by atoms with Crippen LogP contribution in [0, 0.1) is 17.2 Å². The summed E-state index contributed by atoms with van der Waals surface area (Å²) in [5.41, 5.74) is 1.72. The first-order chi connectivity index (χ1) is 9.76. The van der Waals surface area contributed by atoms with E-state index in [2.05, 4.69) is 11.4 Å². The van der Waals surface area contributed by atoms with E-state index in [4.69, 9.17) is 10.00 Å². The highest BCUT2D eigenvalue weighted by molar-refractivity contribution is 5.98. The Labute approximate surface area is 118 Å². The maximum Gasteiger partial charge on any atom is 0.166 e. The fourth-order valence-electron chi connectivity index (χ4n) is 3.17. The van der Waals surface area contributed by atoms with Gasteiger partial charge in [0.15, 0.2) is 5.78 Å². The molecule has 0 saturated carbocycles. The maximum atomic E-state index is 12.6. The van der Waals surface area contributed by atoms with E-state index in [1.807, 2.05) is 24.3 Å². The maximum absolute atomic E-state index is 12.6. The van der Waals surface area contributed by atoms with Crippen molar-refractivity contribution in [1.82, 2.24) is 5.32 Å². The Balaban J connectivity index is 1.70. The summed E-state index contributed by atoms with van der Waals surface area (Å²) in [5.74, 6) is 0.323. The highest BCUT2D eigenvalue weighted by Gasteiger charge is 2.35. The molecule has 1 N–H and O–H groups in total. The van der Waals surface area contributed by atoms with Crippen LogP contribution in [-0.2, 0) is 11.2 Å². The third-order valence-electron chi connectivity index (χ3n) is 4.14. The number of nitrogens with zero attached hydrogens (tertiary/aromatic N) is 1. The van der Waals surface area contributed by atoms with Crippen molar-refractivity contribution in [3.8, 4) is 6.07 Å². The van der Waals surface area contributed by atoms with Crippen LogP contribution in [0.15, 0.2) is 24.3 Å².